The van der Waals surface area contributed by atoms with E-state index >= 15 is 0 Å². The molecule has 3 rings (SSSR count). The molecule has 1 heterocycles. The molecule has 144 valence electrons. The number of primary sulfonamides is 1. The summed E-state index contributed by atoms with van der Waals surface area (Å²) in [7, 11) is -3.78. The minimum atomic E-state index is -4.42. The topological polar surface area (TPSA) is 73.1 Å². The lowest BCUT2D eigenvalue weighted by molar-refractivity contribution is -0.137. The molecule has 1 aromatic heterocycles. The molecule has 1 aromatic carbocycles. The summed E-state index contributed by atoms with van der Waals surface area (Å²) in [6, 6.07) is 8.67. The number of sulfonamides is 1. The van der Waals surface area contributed by atoms with Gasteiger partial charge in [-0.2, -0.15) is 13.2 Å². The maximum absolute atomic E-state index is 12.8. The summed E-state index contributed by atoms with van der Waals surface area (Å²) in [5, 5.41) is 5.13. The summed E-state index contributed by atoms with van der Waals surface area (Å²) in [5.74, 6) is 0.372. The molecule has 1 aliphatic carbocycles. The van der Waals surface area contributed by atoms with Crippen molar-refractivity contribution in [2.24, 2.45) is 11.1 Å². The summed E-state index contributed by atoms with van der Waals surface area (Å²) in [5.41, 5.74) is 2.45. The van der Waals surface area contributed by atoms with Gasteiger partial charge in [-0.25, -0.2) is 13.6 Å². The Morgan fingerprint density at radius 1 is 1.07 bits per heavy atom. The molecule has 1 atom stereocenters. The number of hydrogen-bond acceptors (Lipinski definition) is 3. The summed E-state index contributed by atoms with van der Waals surface area (Å²) < 4.78 is 61.2. The van der Waals surface area contributed by atoms with Crippen molar-refractivity contribution in [1.29, 1.82) is 0 Å². The van der Waals surface area contributed by atoms with E-state index in [0.29, 0.717) is 11.6 Å². The van der Waals surface area contributed by atoms with Crippen molar-refractivity contribution in [3.05, 3.63) is 59.4 Å². The fourth-order valence-corrected chi connectivity index (χ4v) is 3.84. The van der Waals surface area contributed by atoms with Crippen LogP contribution in [0.15, 0.2) is 47.5 Å². The lowest BCUT2D eigenvalue weighted by Crippen LogP contribution is -2.11. The summed E-state index contributed by atoms with van der Waals surface area (Å²) in [6.07, 6.45) is -1.15. The van der Waals surface area contributed by atoms with Crippen molar-refractivity contribution in [2.45, 2.75) is 37.3 Å². The van der Waals surface area contributed by atoms with Crippen LogP contribution in [0.2, 0.25) is 0 Å². The van der Waals surface area contributed by atoms with Crippen LogP contribution in [-0.4, -0.2) is 13.4 Å². The molecule has 0 spiro atoms. The number of nitrogens with two attached hydrogens (primary N) is 1. The summed E-state index contributed by atoms with van der Waals surface area (Å²) in [4.78, 5) is 4.05. The number of rotatable bonds is 4. The van der Waals surface area contributed by atoms with Crippen LogP contribution in [0.25, 0.3) is 11.1 Å². The van der Waals surface area contributed by atoms with E-state index in [1.807, 2.05) is 0 Å². The number of hydrogen-bond donors (Lipinski definition) is 1. The molecule has 4 nitrogen and oxygen atoms in total. The Kier molecular flexibility index (Phi) is 5.14. The molecule has 0 radical (unpaired) electrons. The number of halogens is 3. The standard InChI is InChI=1S/C19H19F3N2O2S/c1-2-12-9-16(13-3-6-15(7-4-13)27(23,25)26)17(10-12)18-8-5-14(11-24-18)19(20,21)22/h3-8,11-12H,2,9-10H2,1H3,(H2,23,25,26). The smallest absolute Gasteiger partial charge is 0.256 e. The first-order valence-corrected chi connectivity index (χ1v) is 10.0. The van der Waals surface area contributed by atoms with E-state index in [1.165, 1.54) is 18.2 Å². The highest BCUT2D eigenvalue weighted by molar-refractivity contribution is 7.89. The zero-order chi connectivity index (χ0) is 19.8. The largest absolute Gasteiger partial charge is 0.417 e. The minimum absolute atomic E-state index is 0.0195. The van der Waals surface area contributed by atoms with Crippen LogP contribution in [0.4, 0.5) is 13.2 Å². The predicted molar refractivity (Wildman–Crippen MR) is 96.9 cm³/mol. The van der Waals surface area contributed by atoms with E-state index in [0.717, 1.165) is 48.2 Å². The molecular formula is C19H19F3N2O2S. The third kappa shape index (κ3) is 4.22. The van der Waals surface area contributed by atoms with Crippen LogP contribution >= 0.6 is 0 Å². The Morgan fingerprint density at radius 3 is 2.19 bits per heavy atom. The maximum Gasteiger partial charge on any atom is 0.417 e. The monoisotopic (exact) mass is 396 g/mol. The Hall–Kier alpha value is -2.19. The summed E-state index contributed by atoms with van der Waals surface area (Å²) >= 11 is 0. The van der Waals surface area contributed by atoms with Gasteiger partial charge in [0.15, 0.2) is 0 Å². The van der Waals surface area contributed by atoms with Gasteiger partial charge in [0.25, 0.3) is 0 Å². The molecule has 2 aromatic rings. The van der Waals surface area contributed by atoms with E-state index < -0.39 is 21.8 Å². The average molecular weight is 396 g/mol. The van der Waals surface area contributed by atoms with E-state index in [2.05, 4.69) is 11.9 Å². The number of aromatic nitrogens is 1. The van der Waals surface area contributed by atoms with E-state index in [1.54, 1.807) is 12.1 Å². The molecule has 2 N–H and O–H groups in total. The van der Waals surface area contributed by atoms with Gasteiger partial charge < -0.3 is 0 Å². The second kappa shape index (κ2) is 7.09. The van der Waals surface area contributed by atoms with Gasteiger partial charge in [-0.1, -0.05) is 25.5 Å². The zero-order valence-corrected chi connectivity index (χ0v) is 15.4. The van der Waals surface area contributed by atoms with Gasteiger partial charge in [0.2, 0.25) is 10.0 Å². The van der Waals surface area contributed by atoms with Gasteiger partial charge >= 0.3 is 6.18 Å². The van der Waals surface area contributed by atoms with Gasteiger partial charge in [0.05, 0.1) is 16.2 Å². The number of alkyl halides is 3. The van der Waals surface area contributed by atoms with Gasteiger partial charge in [0.1, 0.15) is 0 Å². The molecule has 0 saturated heterocycles. The number of nitrogens with zero attached hydrogens (tertiary/aromatic N) is 1. The van der Waals surface area contributed by atoms with Crippen molar-refractivity contribution < 1.29 is 21.6 Å². The first kappa shape index (κ1) is 19.6. The van der Waals surface area contributed by atoms with Crippen LogP contribution < -0.4 is 5.14 Å². The molecule has 1 unspecified atom stereocenters. The zero-order valence-electron chi connectivity index (χ0n) is 14.6. The highest BCUT2D eigenvalue weighted by Gasteiger charge is 2.31. The Morgan fingerprint density at radius 2 is 1.70 bits per heavy atom. The minimum Gasteiger partial charge on any atom is -0.256 e. The Labute approximate surface area is 156 Å². The number of pyridine rings is 1. The third-order valence-electron chi connectivity index (χ3n) is 4.86. The second-order valence-corrected chi connectivity index (χ2v) is 8.20. The van der Waals surface area contributed by atoms with E-state index in [4.69, 9.17) is 5.14 Å². The van der Waals surface area contributed by atoms with Gasteiger partial charge in [-0.05, 0) is 59.7 Å². The lowest BCUT2D eigenvalue weighted by atomic mass is 9.99. The molecule has 0 saturated carbocycles. The molecular weight excluding hydrogens is 377 g/mol. The van der Waals surface area contributed by atoms with Crippen LogP contribution in [-0.2, 0) is 16.2 Å². The van der Waals surface area contributed by atoms with Crippen LogP contribution in [0.3, 0.4) is 0 Å². The van der Waals surface area contributed by atoms with Gasteiger partial charge in [-0.3, -0.25) is 4.98 Å². The first-order valence-electron chi connectivity index (χ1n) is 8.48. The van der Waals surface area contributed by atoms with Crippen molar-refractivity contribution in [3.63, 3.8) is 0 Å². The third-order valence-corrected chi connectivity index (χ3v) is 5.79. The van der Waals surface area contributed by atoms with Crippen LogP contribution in [0.1, 0.15) is 43.0 Å². The number of benzene rings is 1. The Bertz CT molecular complexity index is 964. The summed E-state index contributed by atoms with van der Waals surface area (Å²) in [6.45, 7) is 2.06. The number of allylic oxidation sites excluding steroid dienone is 2. The lowest BCUT2D eigenvalue weighted by Gasteiger charge is -2.10. The maximum atomic E-state index is 12.8. The van der Waals surface area contributed by atoms with Crippen LogP contribution in [0.5, 0.6) is 0 Å². The predicted octanol–water partition coefficient (Wildman–Crippen LogP) is 4.48. The molecule has 0 aliphatic heterocycles. The van der Waals surface area contributed by atoms with Gasteiger partial charge in [0, 0.05) is 6.20 Å². The fourth-order valence-electron chi connectivity index (χ4n) is 3.32. The molecule has 0 bridgehead atoms. The fraction of sp³-hybridized carbons (Fsp3) is 0.316. The average Bonchev–Trinajstić information content (AvgIpc) is 3.05. The molecule has 27 heavy (non-hydrogen) atoms. The van der Waals surface area contributed by atoms with Gasteiger partial charge in [-0.15, -0.1) is 0 Å². The normalized spacial score (nSPS) is 18.2. The highest BCUT2D eigenvalue weighted by Crippen LogP contribution is 2.44. The Balaban J connectivity index is 2.01. The second-order valence-electron chi connectivity index (χ2n) is 6.64. The van der Waals surface area contributed by atoms with Crippen molar-refractivity contribution in [3.8, 4) is 0 Å². The highest BCUT2D eigenvalue weighted by atomic mass is 32.2. The van der Waals surface area contributed by atoms with Crippen molar-refractivity contribution in [2.75, 3.05) is 0 Å². The van der Waals surface area contributed by atoms with E-state index in [-0.39, 0.29) is 4.90 Å². The quantitative estimate of drug-likeness (QED) is 0.828. The molecule has 8 heteroatoms. The van der Waals surface area contributed by atoms with Crippen molar-refractivity contribution >= 4 is 21.2 Å². The first-order chi connectivity index (χ1) is 12.6. The molecule has 0 amide bonds. The van der Waals surface area contributed by atoms with E-state index in [9.17, 15) is 21.6 Å². The molecule has 0 fully saturated rings. The van der Waals surface area contributed by atoms with Crippen LogP contribution in [0, 0.1) is 5.92 Å². The van der Waals surface area contributed by atoms with Crippen molar-refractivity contribution in [1.82, 2.24) is 4.98 Å². The SMILES string of the molecule is CCC1CC(c2ccc(S(N)(=O)=O)cc2)=C(c2ccc(C(F)(F)F)cn2)C1. The molecule has 1 aliphatic rings.